The van der Waals surface area contributed by atoms with Crippen molar-refractivity contribution in [1.29, 1.82) is 0 Å². The minimum atomic E-state index is -0.134. The van der Waals surface area contributed by atoms with E-state index >= 15 is 0 Å². The van der Waals surface area contributed by atoms with Crippen LogP contribution in [0.4, 0.5) is 11.4 Å². The van der Waals surface area contributed by atoms with Crippen LogP contribution in [0, 0.1) is 0 Å². The predicted molar refractivity (Wildman–Crippen MR) is 82.7 cm³/mol. The van der Waals surface area contributed by atoms with Gasteiger partial charge in [-0.15, -0.1) is 0 Å². The average molecular weight is 288 g/mol. The first-order valence-corrected chi connectivity index (χ1v) is 6.83. The largest absolute Gasteiger partial charge is 0.495 e. The molecule has 0 aliphatic heterocycles. The molecule has 1 heterocycles. The summed E-state index contributed by atoms with van der Waals surface area (Å²) >= 11 is 0. The summed E-state index contributed by atoms with van der Waals surface area (Å²) in [5.41, 5.74) is 2.49. The third kappa shape index (κ3) is 3.75. The van der Waals surface area contributed by atoms with Gasteiger partial charge in [0.15, 0.2) is 0 Å². The van der Waals surface area contributed by atoms with Crippen molar-refractivity contribution < 1.29 is 9.53 Å². The highest BCUT2D eigenvalue weighted by Crippen LogP contribution is 2.22. The van der Waals surface area contributed by atoms with E-state index in [1.807, 2.05) is 32.3 Å². The van der Waals surface area contributed by atoms with Crippen LogP contribution in [0.25, 0.3) is 0 Å². The molecule has 0 bridgehead atoms. The lowest BCUT2D eigenvalue weighted by Crippen LogP contribution is -2.22. The molecule has 0 saturated heterocycles. The Labute approximate surface area is 124 Å². The molecular formula is C15H20N4O2. The summed E-state index contributed by atoms with van der Waals surface area (Å²) < 4.78 is 6.94. The maximum atomic E-state index is 12.0. The van der Waals surface area contributed by atoms with Gasteiger partial charge in [0.05, 0.1) is 30.7 Å². The van der Waals surface area contributed by atoms with Crippen LogP contribution in [-0.2, 0) is 18.3 Å². The minimum Gasteiger partial charge on any atom is -0.495 e. The fraction of sp³-hybridized carbons (Fsp3) is 0.333. The second-order valence-corrected chi connectivity index (χ2v) is 4.62. The molecule has 1 aromatic carbocycles. The second kappa shape index (κ2) is 6.78. The highest BCUT2D eigenvalue weighted by Gasteiger charge is 2.09. The highest BCUT2D eigenvalue weighted by atomic mass is 16.5. The first-order valence-electron chi connectivity index (χ1n) is 6.83. The zero-order chi connectivity index (χ0) is 15.2. The smallest absolute Gasteiger partial charge is 0.243 e. The Morgan fingerprint density at radius 2 is 2.10 bits per heavy atom. The van der Waals surface area contributed by atoms with E-state index in [9.17, 15) is 4.79 Å². The Morgan fingerprint density at radius 1 is 1.33 bits per heavy atom. The maximum absolute atomic E-state index is 12.0. The number of hydrogen-bond acceptors (Lipinski definition) is 4. The van der Waals surface area contributed by atoms with Gasteiger partial charge < -0.3 is 15.4 Å². The number of aromatic nitrogens is 2. The molecule has 0 fully saturated rings. The van der Waals surface area contributed by atoms with Crippen LogP contribution in [0.3, 0.4) is 0 Å². The molecule has 0 unspecified atom stereocenters. The van der Waals surface area contributed by atoms with Crippen LogP contribution >= 0.6 is 0 Å². The van der Waals surface area contributed by atoms with Gasteiger partial charge in [-0.25, -0.2) is 0 Å². The van der Waals surface area contributed by atoms with Crippen LogP contribution in [0.5, 0.6) is 5.75 Å². The van der Waals surface area contributed by atoms with Gasteiger partial charge >= 0.3 is 0 Å². The third-order valence-corrected chi connectivity index (χ3v) is 3.06. The topological polar surface area (TPSA) is 68.2 Å². The molecule has 0 saturated carbocycles. The van der Waals surface area contributed by atoms with Gasteiger partial charge in [-0.3, -0.25) is 9.48 Å². The van der Waals surface area contributed by atoms with Crippen molar-refractivity contribution in [2.45, 2.75) is 13.3 Å². The first kappa shape index (κ1) is 14.9. The van der Waals surface area contributed by atoms with Crippen molar-refractivity contribution in [1.82, 2.24) is 9.78 Å². The summed E-state index contributed by atoms with van der Waals surface area (Å²) in [4.78, 5) is 12.0. The number of carbonyl (C=O) groups is 1. The molecule has 2 rings (SSSR count). The fourth-order valence-corrected chi connectivity index (χ4v) is 2.06. The van der Waals surface area contributed by atoms with Gasteiger partial charge in [0.2, 0.25) is 5.91 Å². The van der Waals surface area contributed by atoms with E-state index in [1.54, 1.807) is 23.9 Å². The first-order chi connectivity index (χ1) is 10.1. The van der Waals surface area contributed by atoms with E-state index in [4.69, 9.17) is 4.74 Å². The average Bonchev–Trinajstić information content (AvgIpc) is 2.86. The predicted octanol–water partition coefficient (Wildman–Crippen LogP) is 2.04. The zero-order valence-corrected chi connectivity index (χ0v) is 12.5. The third-order valence-electron chi connectivity index (χ3n) is 3.06. The van der Waals surface area contributed by atoms with E-state index in [-0.39, 0.29) is 12.5 Å². The number of amides is 1. The summed E-state index contributed by atoms with van der Waals surface area (Å²) in [6.07, 6.45) is 2.69. The number of carbonyl (C=O) groups excluding carboxylic acids is 1. The molecule has 0 aliphatic rings. The normalized spacial score (nSPS) is 10.2. The molecule has 6 heteroatoms. The van der Waals surface area contributed by atoms with Gasteiger partial charge in [-0.1, -0.05) is 19.1 Å². The number of methoxy groups -OCH3 is 1. The zero-order valence-electron chi connectivity index (χ0n) is 12.5. The molecule has 0 radical (unpaired) electrons. The van der Waals surface area contributed by atoms with Crippen molar-refractivity contribution >= 4 is 17.3 Å². The van der Waals surface area contributed by atoms with Gasteiger partial charge in [0.1, 0.15) is 5.75 Å². The van der Waals surface area contributed by atoms with Crippen molar-refractivity contribution in [3.63, 3.8) is 0 Å². The van der Waals surface area contributed by atoms with Crippen molar-refractivity contribution in [3.8, 4) is 5.75 Å². The lowest BCUT2D eigenvalue weighted by Gasteiger charge is -2.10. The summed E-state index contributed by atoms with van der Waals surface area (Å²) in [7, 11) is 3.44. The Bertz CT molecular complexity index is 622. The number of benzene rings is 1. The Hall–Kier alpha value is -2.50. The monoisotopic (exact) mass is 288 g/mol. The quantitative estimate of drug-likeness (QED) is 0.853. The Balaban J connectivity index is 1.96. The molecule has 0 atom stereocenters. The van der Waals surface area contributed by atoms with E-state index < -0.39 is 0 Å². The summed E-state index contributed by atoms with van der Waals surface area (Å²) in [6, 6.07) is 7.31. The van der Waals surface area contributed by atoms with Crippen LogP contribution < -0.4 is 15.4 Å². The number of rotatable bonds is 6. The summed E-state index contributed by atoms with van der Waals surface area (Å²) in [6.45, 7) is 2.21. The van der Waals surface area contributed by atoms with Crippen molar-refractivity contribution in [2.24, 2.45) is 7.05 Å². The van der Waals surface area contributed by atoms with E-state index in [0.29, 0.717) is 11.4 Å². The minimum absolute atomic E-state index is 0.134. The van der Waals surface area contributed by atoms with Crippen LogP contribution in [0.1, 0.15) is 12.6 Å². The van der Waals surface area contributed by atoms with E-state index in [2.05, 4.69) is 15.7 Å². The van der Waals surface area contributed by atoms with Gasteiger partial charge in [-0.2, -0.15) is 5.10 Å². The fourth-order valence-electron chi connectivity index (χ4n) is 2.06. The molecule has 1 amide bonds. The molecule has 0 spiro atoms. The molecule has 2 N–H and O–H groups in total. The van der Waals surface area contributed by atoms with Crippen LogP contribution in [-0.4, -0.2) is 29.3 Å². The van der Waals surface area contributed by atoms with Gasteiger partial charge in [0.25, 0.3) is 0 Å². The maximum Gasteiger partial charge on any atom is 0.243 e. The van der Waals surface area contributed by atoms with Crippen LogP contribution in [0.2, 0.25) is 0 Å². The number of para-hydroxylation sites is 2. The SMILES string of the molecule is CCc1nn(C)cc1NCC(=O)Nc1ccccc1OC. The van der Waals surface area contributed by atoms with Gasteiger partial charge in [-0.05, 0) is 18.6 Å². The number of hydrogen-bond donors (Lipinski definition) is 2. The van der Waals surface area contributed by atoms with Gasteiger partial charge in [0, 0.05) is 13.2 Å². The molecule has 1 aromatic heterocycles. The molecule has 6 nitrogen and oxygen atoms in total. The lowest BCUT2D eigenvalue weighted by atomic mass is 10.3. The molecule has 112 valence electrons. The summed E-state index contributed by atoms with van der Waals surface area (Å²) in [5, 5.41) is 10.2. The van der Waals surface area contributed by atoms with Crippen molar-refractivity contribution in [2.75, 3.05) is 24.3 Å². The molecular weight excluding hydrogens is 268 g/mol. The molecule has 0 aliphatic carbocycles. The molecule has 2 aromatic rings. The number of ether oxygens (including phenoxy) is 1. The Morgan fingerprint density at radius 3 is 2.81 bits per heavy atom. The van der Waals surface area contributed by atoms with E-state index in [0.717, 1.165) is 17.8 Å². The number of nitrogens with one attached hydrogen (secondary N) is 2. The lowest BCUT2D eigenvalue weighted by molar-refractivity contribution is -0.114. The molecule has 21 heavy (non-hydrogen) atoms. The van der Waals surface area contributed by atoms with Crippen molar-refractivity contribution in [3.05, 3.63) is 36.2 Å². The van der Waals surface area contributed by atoms with Crippen LogP contribution in [0.15, 0.2) is 30.5 Å². The Kier molecular flexibility index (Phi) is 4.81. The van der Waals surface area contributed by atoms with E-state index in [1.165, 1.54) is 0 Å². The number of aryl methyl sites for hydroxylation is 2. The second-order valence-electron chi connectivity index (χ2n) is 4.62. The number of anilines is 2. The standard InChI is InChI=1S/C15H20N4O2/c1-4-11-13(10-19(2)18-11)16-9-15(20)17-12-7-5-6-8-14(12)21-3/h5-8,10,16H,4,9H2,1-3H3,(H,17,20). The summed E-state index contributed by atoms with van der Waals surface area (Å²) in [5.74, 6) is 0.506. The number of nitrogens with zero attached hydrogens (tertiary/aromatic N) is 2. The highest BCUT2D eigenvalue weighted by molar-refractivity contribution is 5.95.